The first kappa shape index (κ1) is 13.1. The normalized spacial score (nSPS) is 17.7. The molecule has 1 N–H and O–H groups in total. The summed E-state index contributed by atoms with van der Waals surface area (Å²) in [6.45, 7) is 3.35. The van der Waals surface area contributed by atoms with Gasteiger partial charge in [-0.1, -0.05) is 22.0 Å². The predicted molar refractivity (Wildman–Crippen MR) is 69.8 cm³/mol. The van der Waals surface area contributed by atoms with Crippen molar-refractivity contribution in [3.05, 3.63) is 28.3 Å². The number of aryl methyl sites for hydroxylation is 2. The van der Waals surface area contributed by atoms with Crippen LogP contribution < -0.4 is 4.74 Å². The summed E-state index contributed by atoms with van der Waals surface area (Å²) in [5, 5.41) is 8.67. The zero-order valence-corrected chi connectivity index (χ0v) is 11.7. The molecular weight excluding hydrogens is 300 g/mol. The molecule has 1 aromatic carbocycles. The number of rotatable bonds is 3. The number of ketones is 1. The van der Waals surface area contributed by atoms with Crippen LogP contribution in [0, 0.1) is 13.8 Å². The number of hydrogen-bond acceptors (Lipinski definition) is 3. The minimum atomic E-state index is -1.02. The van der Waals surface area contributed by atoms with Gasteiger partial charge in [-0.2, -0.15) is 0 Å². The summed E-state index contributed by atoms with van der Waals surface area (Å²) in [6, 6.07) is 1.86. The molecule has 4 nitrogen and oxygen atoms in total. The lowest BCUT2D eigenvalue weighted by molar-refractivity contribution is -0.139. The number of alkyl halides is 1. The predicted octanol–water partition coefficient (Wildman–Crippen LogP) is 2.27. The summed E-state index contributed by atoms with van der Waals surface area (Å²) in [4.78, 5) is 22.3. The van der Waals surface area contributed by atoms with Crippen molar-refractivity contribution in [3.63, 3.8) is 0 Å². The molecule has 0 heterocycles. The van der Waals surface area contributed by atoms with E-state index in [9.17, 15) is 9.59 Å². The van der Waals surface area contributed by atoms with Gasteiger partial charge in [0.2, 0.25) is 0 Å². The van der Waals surface area contributed by atoms with Crippen LogP contribution in [0.15, 0.2) is 6.07 Å². The van der Waals surface area contributed by atoms with Gasteiger partial charge < -0.3 is 9.84 Å². The zero-order chi connectivity index (χ0) is 13.4. The fourth-order valence-electron chi connectivity index (χ4n) is 2.35. The van der Waals surface area contributed by atoms with E-state index in [0.29, 0.717) is 17.7 Å². The van der Waals surface area contributed by atoms with Crippen LogP contribution in [0.25, 0.3) is 0 Å². The number of carbonyl (C=O) groups is 2. The Balaban J connectivity index is 2.49. The first-order chi connectivity index (χ1) is 8.41. The van der Waals surface area contributed by atoms with Gasteiger partial charge in [-0.25, -0.2) is 4.79 Å². The number of halogens is 1. The van der Waals surface area contributed by atoms with Crippen molar-refractivity contribution in [2.24, 2.45) is 0 Å². The number of hydrogen-bond donors (Lipinski definition) is 1. The molecule has 5 heteroatoms. The van der Waals surface area contributed by atoms with Crippen LogP contribution in [0.1, 0.15) is 27.0 Å². The van der Waals surface area contributed by atoms with Gasteiger partial charge in [-0.15, -0.1) is 0 Å². The van der Waals surface area contributed by atoms with Crippen molar-refractivity contribution < 1.29 is 19.4 Å². The van der Waals surface area contributed by atoms with Gasteiger partial charge in [0.05, 0.1) is 4.83 Å². The minimum absolute atomic E-state index is 0.0441. The van der Waals surface area contributed by atoms with E-state index in [1.54, 1.807) is 0 Å². The van der Waals surface area contributed by atoms with E-state index < -0.39 is 12.6 Å². The molecule has 0 saturated carbocycles. The van der Waals surface area contributed by atoms with Crippen LogP contribution in [0.4, 0.5) is 0 Å². The van der Waals surface area contributed by atoms with Crippen LogP contribution in [0.5, 0.6) is 5.75 Å². The van der Waals surface area contributed by atoms with Crippen molar-refractivity contribution in [2.75, 3.05) is 6.61 Å². The summed E-state index contributed by atoms with van der Waals surface area (Å²) in [5.41, 5.74) is 3.27. The summed E-state index contributed by atoms with van der Waals surface area (Å²) in [7, 11) is 0. The standard InChI is InChI=1S/C13H13BrO4/c1-6-3-7(2)13(18-5-10(15)16)8-4-9(14)12(17)11(6)8/h3,9H,4-5H2,1-2H3,(H,15,16). The highest BCUT2D eigenvalue weighted by Crippen LogP contribution is 2.38. The Morgan fingerprint density at radius 1 is 1.50 bits per heavy atom. The highest BCUT2D eigenvalue weighted by molar-refractivity contribution is 9.10. The molecular formula is C13H13BrO4. The molecule has 0 saturated heterocycles. The average molecular weight is 313 g/mol. The quantitative estimate of drug-likeness (QED) is 0.870. The number of carboxylic acids is 1. The number of aliphatic carboxylic acids is 1. The fraction of sp³-hybridized carbons (Fsp3) is 0.385. The molecule has 1 aliphatic rings. The van der Waals surface area contributed by atoms with Crippen molar-refractivity contribution in [3.8, 4) is 5.75 Å². The van der Waals surface area contributed by atoms with E-state index in [2.05, 4.69) is 15.9 Å². The number of ether oxygens (including phenoxy) is 1. The maximum absolute atomic E-state index is 12.0. The fourth-order valence-corrected chi connectivity index (χ4v) is 2.91. The molecule has 1 unspecified atom stereocenters. The average Bonchev–Trinajstić information content (AvgIpc) is 2.54. The van der Waals surface area contributed by atoms with Gasteiger partial charge in [0.15, 0.2) is 12.4 Å². The van der Waals surface area contributed by atoms with E-state index in [4.69, 9.17) is 9.84 Å². The maximum Gasteiger partial charge on any atom is 0.341 e. The molecule has 1 aromatic rings. The number of carbonyl (C=O) groups excluding carboxylic acids is 1. The molecule has 0 spiro atoms. The lowest BCUT2D eigenvalue weighted by Gasteiger charge is -2.13. The minimum Gasteiger partial charge on any atom is -0.481 e. The summed E-state index contributed by atoms with van der Waals surface area (Å²) in [6.07, 6.45) is 0.547. The molecule has 18 heavy (non-hydrogen) atoms. The number of benzene rings is 1. The lowest BCUT2D eigenvalue weighted by Crippen LogP contribution is -2.12. The maximum atomic E-state index is 12.0. The van der Waals surface area contributed by atoms with Crippen LogP contribution >= 0.6 is 15.9 Å². The lowest BCUT2D eigenvalue weighted by atomic mass is 9.99. The SMILES string of the molecule is Cc1cc(C)c2c(c1OCC(=O)O)CC(Br)C2=O. The number of fused-ring (bicyclic) bond motifs is 1. The Labute approximate surface area is 113 Å². The summed E-state index contributed by atoms with van der Waals surface area (Å²) in [5.74, 6) is -0.445. The molecule has 0 bridgehead atoms. The van der Waals surface area contributed by atoms with Crippen molar-refractivity contribution in [1.29, 1.82) is 0 Å². The Morgan fingerprint density at radius 3 is 2.78 bits per heavy atom. The van der Waals surface area contributed by atoms with Crippen LogP contribution in [-0.4, -0.2) is 28.3 Å². The Bertz CT molecular complexity index is 536. The Morgan fingerprint density at radius 2 is 2.17 bits per heavy atom. The van der Waals surface area contributed by atoms with Crippen LogP contribution in [0.2, 0.25) is 0 Å². The van der Waals surface area contributed by atoms with E-state index in [-0.39, 0.29) is 10.6 Å². The van der Waals surface area contributed by atoms with Crippen LogP contribution in [0.3, 0.4) is 0 Å². The van der Waals surface area contributed by atoms with Crippen molar-refractivity contribution in [2.45, 2.75) is 25.1 Å². The van der Waals surface area contributed by atoms with E-state index in [1.807, 2.05) is 19.9 Å². The molecule has 96 valence electrons. The molecule has 0 fully saturated rings. The van der Waals surface area contributed by atoms with Crippen LogP contribution in [-0.2, 0) is 11.2 Å². The third-order valence-corrected chi connectivity index (χ3v) is 3.76. The van der Waals surface area contributed by atoms with E-state index in [0.717, 1.165) is 16.7 Å². The molecule has 1 aliphatic carbocycles. The Hall–Kier alpha value is -1.36. The highest BCUT2D eigenvalue weighted by atomic mass is 79.9. The smallest absolute Gasteiger partial charge is 0.341 e. The van der Waals surface area contributed by atoms with Crippen molar-refractivity contribution in [1.82, 2.24) is 0 Å². The van der Waals surface area contributed by atoms with Gasteiger partial charge >= 0.3 is 5.97 Å². The summed E-state index contributed by atoms with van der Waals surface area (Å²) < 4.78 is 5.32. The molecule has 0 amide bonds. The second-order valence-corrected chi connectivity index (χ2v) is 5.52. The Kier molecular flexibility index (Phi) is 3.43. The number of carboxylic acid groups (broad SMARTS) is 1. The highest BCUT2D eigenvalue weighted by Gasteiger charge is 2.33. The van der Waals surface area contributed by atoms with Gasteiger partial charge in [0, 0.05) is 11.1 Å². The third-order valence-electron chi connectivity index (χ3n) is 3.02. The van der Waals surface area contributed by atoms with Gasteiger partial charge in [0.25, 0.3) is 0 Å². The first-order valence-electron chi connectivity index (χ1n) is 5.57. The molecule has 1 atom stereocenters. The largest absolute Gasteiger partial charge is 0.481 e. The van der Waals surface area contributed by atoms with Crippen molar-refractivity contribution >= 4 is 27.7 Å². The molecule has 0 aromatic heterocycles. The summed E-state index contributed by atoms with van der Waals surface area (Å²) >= 11 is 3.34. The topological polar surface area (TPSA) is 63.6 Å². The second-order valence-electron chi connectivity index (χ2n) is 4.41. The third kappa shape index (κ3) is 2.14. The molecule has 0 aliphatic heterocycles. The van der Waals surface area contributed by atoms with Gasteiger partial charge in [0.1, 0.15) is 5.75 Å². The number of Topliss-reactive ketones (excluding diaryl/α,β-unsaturated/α-hetero) is 1. The zero-order valence-electron chi connectivity index (χ0n) is 10.1. The first-order valence-corrected chi connectivity index (χ1v) is 6.49. The van der Waals surface area contributed by atoms with Gasteiger partial charge in [-0.3, -0.25) is 4.79 Å². The second kappa shape index (κ2) is 4.72. The molecule has 2 rings (SSSR count). The monoisotopic (exact) mass is 312 g/mol. The van der Waals surface area contributed by atoms with E-state index in [1.165, 1.54) is 0 Å². The van der Waals surface area contributed by atoms with E-state index >= 15 is 0 Å². The van der Waals surface area contributed by atoms with Gasteiger partial charge in [-0.05, 0) is 31.4 Å². The molecule has 0 radical (unpaired) electrons.